The van der Waals surface area contributed by atoms with Crippen molar-refractivity contribution < 1.29 is 4.79 Å². The molecule has 0 bridgehead atoms. The first-order chi connectivity index (χ1) is 10.9. The zero-order valence-corrected chi connectivity index (χ0v) is 14.0. The number of anilines is 1. The molecule has 23 heavy (non-hydrogen) atoms. The lowest BCUT2D eigenvalue weighted by molar-refractivity contribution is 0.244. The van der Waals surface area contributed by atoms with Crippen molar-refractivity contribution in [2.45, 2.75) is 52.1 Å². The third-order valence-electron chi connectivity index (χ3n) is 3.85. The molecule has 0 unspecified atom stereocenters. The second kappa shape index (κ2) is 6.07. The van der Waals surface area contributed by atoms with Crippen LogP contribution in [0.5, 0.6) is 0 Å². The molecule has 0 atom stereocenters. The number of para-hydroxylation sites is 1. The van der Waals surface area contributed by atoms with Crippen molar-refractivity contribution in [3.05, 3.63) is 36.3 Å². The predicted octanol–water partition coefficient (Wildman–Crippen LogP) is 3.81. The van der Waals surface area contributed by atoms with Crippen molar-refractivity contribution in [2.75, 3.05) is 5.32 Å². The summed E-state index contributed by atoms with van der Waals surface area (Å²) in [5.41, 5.74) is 2.39. The fourth-order valence-corrected chi connectivity index (χ4v) is 2.85. The van der Waals surface area contributed by atoms with Crippen LogP contribution in [0.4, 0.5) is 10.5 Å². The highest BCUT2D eigenvalue weighted by Crippen LogP contribution is 2.28. The SMILES string of the molecule is CC(C)(C)NC(=O)Nc1ccccc1-c1cn2c(n1)CCCC2. The van der Waals surface area contributed by atoms with Crippen LogP contribution in [0.1, 0.15) is 39.4 Å². The number of hydrogen-bond donors (Lipinski definition) is 2. The first-order valence-corrected chi connectivity index (χ1v) is 8.17. The molecule has 0 spiro atoms. The fraction of sp³-hybridized carbons (Fsp3) is 0.444. The van der Waals surface area contributed by atoms with E-state index in [0.717, 1.165) is 35.7 Å². The Kier molecular flexibility index (Phi) is 4.11. The Morgan fingerprint density at radius 2 is 2.00 bits per heavy atom. The molecule has 5 heteroatoms. The zero-order valence-electron chi connectivity index (χ0n) is 14.0. The van der Waals surface area contributed by atoms with Gasteiger partial charge in [0.05, 0.1) is 11.4 Å². The Morgan fingerprint density at radius 3 is 2.74 bits per heavy atom. The summed E-state index contributed by atoms with van der Waals surface area (Å²) in [5, 5.41) is 5.87. The number of fused-ring (bicyclic) bond motifs is 1. The van der Waals surface area contributed by atoms with Crippen LogP contribution in [0, 0.1) is 0 Å². The Morgan fingerprint density at radius 1 is 1.22 bits per heavy atom. The summed E-state index contributed by atoms with van der Waals surface area (Å²) in [7, 11) is 0. The number of nitrogens with zero attached hydrogens (tertiary/aromatic N) is 2. The summed E-state index contributed by atoms with van der Waals surface area (Å²) in [6, 6.07) is 7.61. The number of aromatic nitrogens is 2. The van der Waals surface area contributed by atoms with Crippen LogP contribution < -0.4 is 10.6 Å². The summed E-state index contributed by atoms with van der Waals surface area (Å²) in [6.45, 7) is 6.91. The normalized spacial score (nSPS) is 14.2. The molecular formula is C18H24N4O. The highest BCUT2D eigenvalue weighted by molar-refractivity contribution is 5.94. The van der Waals surface area contributed by atoms with E-state index < -0.39 is 0 Å². The first kappa shape index (κ1) is 15.6. The van der Waals surface area contributed by atoms with Gasteiger partial charge in [-0.2, -0.15) is 0 Å². The van der Waals surface area contributed by atoms with Gasteiger partial charge in [0, 0.05) is 30.3 Å². The van der Waals surface area contributed by atoms with Gasteiger partial charge < -0.3 is 15.2 Å². The molecule has 1 aliphatic rings. The minimum Gasteiger partial charge on any atom is -0.334 e. The molecule has 0 aliphatic carbocycles. The Balaban J connectivity index is 1.86. The molecule has 2 amide bonds. The van der Waals surface area contributed by atoms with Crippen molar-refractivity contribution in [3.8, 4) is 11.3 Å². The van der Waals surface area contributed by atoms with E-state index in [2.05, 4.69) is 21.4 Å². The van der Waals surface area contributed by atoms with E-state index >= 15 is 0 Å². The van der Waals surface area contributed by atoms with Gasteiger partial charge in [-0.1, -0.05) is 18.2 Å². The molecule has 2 N–H and O–H groups in total. The third kappa shape index (κ3) is 3.73. The number of benzene rings is 1. The number of imidazole rings is 1. The second-order valence-corrected chi connectivity index (χ2v) is 7.07. The average Bonchev–Trinajstić information content (AvgIpc) is 2.89. The lowest BCUT2D eigenvalue weighted by Crippen LogP contribution is -2.43. The minimum absolute atomic E-state index is 0.200. The molecule has 3 rings (SSSR count). The van der Waals surface area contributed by atoms with E-state index in [1.807, 2.05) is 45.0 Å². The lowest BCUT2D eigenvalue weighted by Gasteiger charge is -2.21. The van der Waals surface area contributed by atoms with E-state index in [4.69, 9.17) is 4.98 Å². The highest BCUT2D eigenvalue weighted by Gasteiger charge is 2.17. The maximum atomic E-state index is 12.2. The molecule has 1 aliphatic heterocycles. The highest BCUT2D eigenvalue weighted by atomic mass is 16.2. The number of amides is 2. The number of hydrogen-bond acceptors (Lipinski definition) is 2. The Hall–Kier alpha value is -2.30. The number of nitrogens with one attached hydrogen (secondary N) is 2. The smallest absolute Gasteiger partial charge is 0.319 e. The Labute approximate surface area is 137 Å². The molecule has 0 fully saturated rings. The van der Waals surface area contributed by atoms with Gasteiger partial charge in [-0.05, 0) is 39.7 Å². The van der Waals surface area contributed by atoms with Crippen molar-refractivity contribution in [1.82, 2.24) is 14.9 Å². The van der Waals surface area contributed by atoms with Crippen LogP contribution in [0.2, 0.25) is 0 Å². The number of carbonyl (C=O) groups is 1. The summed E-state index contributed by atoms with van der Waals surface area (Å²) in [4.78, 5) is 16.9. The monoisotopic (exact) mass is 312 g/mol. The summed E-state index contributed by atoms with van der Waals surface area (Å²) < 4.78 is 2.23. The number of rotatable bonds is 2. The molecule has 2 heterocycles. The average molecular weight is 312 g/mol. The molecule has 0 saturated carbocycles. The maximum Gasteiger partial charge on any atom is 0.319 e. The van der Waals surface area contributed by atoms with Crippen molar-refractivity contribution in [3.63, 3.8) is 0 Å². The van der Waals surface area contributed by atoms with Crippen LogP contribution >= 0.6 is 0 Å². The second-order valence-electron chi connectivity index (χ2n) is 7.07. The third-order valence-corrected chi connectivity index (χ3v) is 3.85. The van der Waals surface area contributed by atoms with Crippen molar-refractivity contribution in [1.29, 1.82) is 0 Å². The predicted molar refractivity (Wildman–Crippen MR) is 92.5 cm³/mol. The minimum atomic E-state index is -0.271. The fourth-order valence-electron chi connectivity index (χ4n) is 2.85. The molecule has 122 valence electrons. The molecule has 1 aromatic heterocycles. The molecule has 0 saturated heterocycles. The van der Waals surface area contributed by atoms with E-state index in [-0.39, 0.29) is 11.6 Å². The number of carbonyl (C=O) groups excluding carboxylic acids is 1. The van der Waals surface area contributed by atoms with Gasteiger partial charge in [0.1, 0.15) is 5.82 Å². The van der Waals surface area contributed by atoms with Gasteiger partial charge in [0.2, 0.25) is 0 Å². The van der Waals surface area contributed by atoms with E-state index in [0.29, 0.717) is 0 Å². The van der Waals surface area contributed by atoms with Crippen LogP contribution in [0.3, 0.4) is 0 Å². The maximum absolute atomic E-state index is 12.2. The summed E-state index contributed by atoms with van der Waals surface area (Å²) in [5.74, 6) is 1.14. The van der Waals surface area contributed by atoms with Crippen LogP contribution in [-0.2, 0) is 13.0 Å². The van der Waals surface area contributed by atoms with E-state index in [1.165, 1.54) is 12.8 Å². The topological polar surface area (TPSA) is 59.0 Å². The molecule has 1 aromatic carbocycles. The quantitative estimate of drug-likeness (QED) is 0.886. The van der Waals surface area contributed by atoms with E-state index in [1.54, 1.807) is 0 Å². The molecule has 2 aromatic rings. The Bertz CT molecular complexity index is 689. The van der Waals surface area contributed by atoms with Crippen LogP contribution in [-0.4, -0.2) is 21.1 Å². The van der Waals surface area contributed by atoms with Gasteiger partial charge in [0.25, 0.3) is 0 Å². The van der Waals surface area contributed by atoms with Gasteiger partial charge in [-0.3, -0.25) is 0 Å². The zero-order chi connectivity index (χ0) is 16.4. The number of urea groups is 1. The van der Waals surface area contributed by atoms with Crippen molar-refractivity contribution >= 4 is 11.7 Å². The molecule has 5 nitrogen and oxygen atoms in total. The van der Waals surface area contributed by atoms with Gasteiger partial charge in [-0.15, -0.1) is 0 Å². The van der Waals surface area contributed by atoms with Crippen molar-refractivity contribution in [2.24, 2.45) is 0 Å². The van der Waals surface area contributed by atoms with E-state index in [9.17, 15) is 4.79 Å². The lowest BCUT2D eigenvalue weighted by atomic mass is 10.1. The largest absolute Gasteiger partial charge is 0.334 e. The van der Waals surface area contributed by atoms with Crippen LogP contribution in [0.15, 0.2) is 30.5 Å². The molecular weight excluding hydrogens is 288 g/mol. The van der Waals surface area contributed by atoms with Gasteiger partial charge in [-0.25, -0.2) is 9.78 Å². The molecule has 0 radical (unpaired) electrons. The summed E-state index contributed by atoms with van der Waals surface area (Å²) >= 11 is 0. The summed E-state index contributed by atoms with van der Waals surface area (Å²) in [6.07, 6.45) is 5.53. The van der Waals surface area contributed by atoms with Gasteiger partial charge >= 0.3 is 6.03 Å². The van der Waals surface area contributed by atoms with Gasteiger partial charge in [0.15, 0.2) is 0 Å². The number of aryl methyl sites for hydroxylation is 2. The first-order valence-electron chi connectivity index (χ1n) is 8.17. The van der Waals surface area contributed by atoms with Crippen LogP contribution in [0.25, 0.3) is 11.3 Å². The standard InChI is InChI=1S/C18H24N4O/c1-18(2,3)21-17(23)20-14-9-5-4-8-13(14)15-12-22-11-7-6-10-16(22)19-15/h4-5,8-9,12H,6-7,10-11H2,1-3H3,(H2,20,21,23).